The van der Waals surface area contributed by atoms with Crippen LogP contribution in [0.25, 0.3) is 11.3 Å². The number of carbonyl (C=O) groups excluding carboxylic acids is 3. The third kappa shape index (κ3) is 5.90. The molecule has 0 aliphatic carbocycles. The zero-order valence-electron chi connectivity index (χ0n) is 18.5. The van der Waals surface area contributed by atoms with Crippen LogP contribution in [-0.4, -0.2) is 36.2 Å². The molecule has 1 aromatic heterocycles. The highest BCUT2D eigenvalue weighted by Crippen LogP contribution is 2.24. The predicted octanol–water partition coefficient (Wildman–Crippen LogP) is 4.71. The quantitative estimate of drug-likeness (QED) is 0.414. The molecule has 3 rings (SSSR count). The van der Waals surface area contributed by atoms with Gasteiger partial charge in [0.1, 0.15) is 11.7 Å². The van der Waals surface area contributed by atoms with E-state index in [0.717, 1.165) is 0 Å². The van der Waals surface area contributed by atoms with Crippen molar-refractivity contribution >= 4 is 40.9 Å². The van der Waals surface area contributed by atoms with Crippen LogP contribution >= 0.6 is 11.6 Å². The summed E-state index contributed by atoms with van der Waals surface area (Å²) in [5.41, 5.74) is 1.37. The fourth-order valence-electron chi connectivity index (χ4n) is 2.96. The first kappa shape index (κ1) is 24.7. The second kappa shape index (κ2) is 10.8. The number of hydrogen-bond donors (Lipinski definition) is 3. The van der Waals surface area contributed by atoms with Crippen LogP contribution in [-0.2, 0) is 9.53 Å². The van der Waals surface area contributed by atoms with Crippen LogP contribution in [0, 0.1) is 11.7 Å². The van der Waals surface area contributed by atoms with Crippen LogP contribution in [0.3, 0.4) is 0 Å². The second-order valence-corrected chi connectivity index (χ2v) is 7.96. The zero-order valence-corrected chi connectivity index (χ0v) is 19.3. The Morgan fingerprint density at radius 2 is 1.79 bits per heavy atom. The van der Waals surface area contributed by atoms with Gasteiger partial charge in [-0.25, -0.2) is 14.0 Å². The Morgan fingerprint density at radius 3 is 2.44 bits per heavy atom. The molecular formula is C23H22ClFN4O5. The summed E-state index contributed by atoms with van der Waals surface area (Å²) in [5.74, 6) is -2.16. The molecule has 3 amide bonds. The summed E-state index contributed by atoms with van der Waals surface area (Å²) < 4.78 is 23.8. The number of aromatic nitrogens is 1. The molecule has 34 heavy (non-hydrogen) atoms. The van der Waals surface area contributed by atoms with E-state index in [9.17, 15) is 18.8 Å². The summed E-state index contributed by atoms with van der Waals surface area (Å²) in [7, 11) is 1.24. The molecule has 9 nitrogen and oxygen atoms in total. The van der Waals surface area contributed by atoms with Crippen molar-refractivity contribution in [1.29, 1.82) is 0 Å². The number of esters is 1. The molecule has 0 radical (unpaired) electrons. The van der Waals surface area contributed by atoms with Crippen molar-refractivity contribution in [1.82, 2.24) is 10.5 Å². The van der Waals surface area contributed by atoms with Gasteiger partial charge in [0.15, 0.2) is 5.82 Å². The summed E-state index contributed by atoms with van der Waals surface area (Å²) in [5, 5.41) is 11.3. The first-order valence-electron chi connectivity index (χ1n) is 10.2. The van der Waals surface area contributed by atoms with Crippen LogP contribution in [0.5, 0.6) is 0 Å². The number of nitrogens with zero attached hydrogens (tertiary/aromatic N) is 1. The van der Waals surface area contributed by atoms with Gasteiger partial charge in [-0.05, 0) is 30.2 Å². The number of anilines is 2. The molecule has 0 bridgehead atoms. The Balaban J connectivity index is 1.64. The Morgan fingerprint density at radius 1 is 1.09 bits per heavy atom. The van der Waals surface area contributed by atoms with Crippen LogP contribution in [0.15, 0.2) is 53.1 Å². The van der Waals surface area contributed by atoms with E-state index in [1.807, 2.05) is 0 Å². The van der Waals surface area contributed by atoms with Crippen molar-refractivity contribution in [2.24, 2.45) is 5.92 Å². The van der Waals surface area contributed by atoms with E-state index in [-0.39, 0.29) is 22.4 Å². The molecular weight excluding hydrogens is 467 g/mol. The van der Waals surface area contributed by atoms with E-state index in [1.165, 1.54) is 31.4 Å². The van der Waals surface area contributed by atoms with E-state index in [1.54, 1.807) is 38.1 Å². The van der Waals surface area contributed by atoms with E-state index < -0.39 is 29.8 Å². The van der Waals surface area contributed by atoms with Gasteiger partial charge >= 0.3 is 12.0 Å². The van der Waals surface area contributed by atoms with Gasteiger partial charge in [0.25, 0.3) is 5.91 Å². The molecule has 1 unspecified atom stereocenters. The summed E-state index contributed by atoms with van der Waals surface area (Å²) >= 11 is 5.71. The van der Waals surface area contributed by atoms with E-state index >= 15 is 0 Å². The van der Waals surface area contributed by atoms with Gasteiger partial charge in [0.05, 0.1) is 17.8 Å². The molecule has 0 saturated heterocycles. The molecule has 0 spiro atoms. The number of ether oxygens (including phenoxy) is 1. The van der Waals surface area contributed by atoms with Crippen LogP contribution in [0.4, 0.5) is 20.6 Å². The second-order valence-electron chi connectivity index (χ2n) is 7.55. The largest absolute Gasteiger partial charge is 0.467 e. The number of urea groups is 1. The maximum absolute atomic E-state index is 13.9. The SMILES string of the molecule is COC(=O)C(NC(=O)c1cc(-c2ccc(NC(=O)Nc3cccc(Cl)c3F)cc2)no1)C(C)C. The fourth-order valence-corrected chi connectivity index (χ4v) is 3.14. The Bertz CT molecular complexity index is 1200. The van der Waals surface area contributed by atoms with Crippen molar-refractivity contribution < 1.29 is 28.0 Å². The van der Waals surface area contributed by atoms with Gasteiger partial charge in [-0.15, -0.1) is 0 Å². The number of amides is 3. The lowest BCUT2D eigenvalue weighted by atomic mass is 10.0. The lowest BCUT2D eigenvalue weighted by molar-refractivity contribution is -0.144. The van der Waals surface area contributed by atoms with Gasteiger partial charge < -0.3 is 25.2 Å². The summed E-state index contributed by atoms with van der Waals surface area (Å²) in [4.78, 5) is 36.4. The monoisotopic (exact) mass is 488 g/mol. The fraction of sp³-hybridized carbons (Fsp3) is 0.217. The highest BCUT2D eigenvalue weighted by molar-refractivity contribution is 6.31. The van der Waals surface area contributed by atoms with Crippen molar-refractivity contribution in [2.75, 3.05) is 17.7 Å². The van der Waals surface area contributed by atoms with E-state index in [4.69, 9.17) is 20.9 Å². The Labute approximate surface area is 199 Å². The third-order valence-electron chi connectivity index (χ3n) is 4.78. The highest BCUT2D eigenvalue weighted by atomic mass is 35.5. The number of rotatable bonds is 7. The lowest BCUT2D eigenvalue weighted by Gasteiger charge is -2.18. The predicted molar refractivity (Wildman–Crippen MR) is 124 cm³/mol. The van der Waals surface area contributed by atoms with E-state index in [2.05, 4.69) is 21.1 Å². The first-order valence-corrected chi connectivity index (χ1v) is 10.5. The highest BCUT2D eigenvalue weighted by Gasteiger charge is 2.27. The van der Waals surface area contributed by atoms with Crippen LogP contribution in [0.2, 0.25) is 5.02 Å². The summed E-state index contributed by atoms with van der Waals surface area (Å²) in [6, 6.07) is 10.7. The van der Waals surface area contributed by atoms with Gasteiger partial charge in [-0.2, -0.15) is 0 Å². The van der Waals surface area contributed by atoms with Crippen molar-refractivity contribution in [3.63, 3.8) is 0 Å². The summed E-state index contributed by atoms with van der Waals surface area (Å²) in [6.07, 6.45) is 0. The number of carbonyl (C=O) groups is 3. The average Bonchev–Trinajstić information content (AvgIpc) is 3.30. The van der Waals surface area contributed by atoms with Crippen molar-refractivity contribution in [3.8, 4) is 11.3 Å². The number of halogens is 2. The Hall–Kier alpha value is -3.92. The molecule has 1 heterocycles. The third-order valence-corrected chi connectivity index (χ3v) is 5.07. The van der Waals surface area contributed by atoms with Crippen molar-refractivity contribution in [3.05, 3.63) is 65.1 Å². The summed E-state index contributed by atoms with van der Waals surface area (Å²) in [6.45, 7) is 3.55. The van der Waals surface area contributed by atoms with E-state index in [0.29, 0.717) is 16.9 Å². The zero-order chi connectivity index (χ0) is 24.8. The van der Waals surface area contributed by atoms with Crippen molar-refractivity contribution in [2.45, 2.75) is 19.9 Å². The molecule has 178 valence electrons. The number of methoxy groups -OCH3 is 1. The topological polar surface area (TPSA) is 123 Å². The maximum Gasteiger partial charge on any atom is 0.328 e. The normalized spacial score (nSPS) is 11.6. The molecule has 1 atom stereocenters. The van der Waals surface area contributed by atoms with Gasteiger partial charge in [-0.3, -0.25) is 4.79 Å². The molecule has 3 aromatic rings. The maximum atomic E-state index is 13.9. The number of nitrogens with one attached hydrogen (secondary N) is 3. The first-order chi connectivity index (χ1) is 16.2. The molecule has 0 aliphatic heterocycles. The van der Waals surface area contributed by atoms with Crippen LogP contribution < -0.4 is 16.0 Å². The molecule has 0 aliphatic rings. The molecule has 0 saturated carbocycles. The number of hydrogen-bond acceptors (Lipinski definition) is 6. The molecule has 0 fully saturated rings. The molecule has 2 aromatic carbocycles. The smallest absolute Gasteiger partial charge is 0.328 e. The standard InChI is InChI=1S/C23H22ClFN4O5/c1-12(2)20(22(31)33-3)28-21(30)18-11-17(29-34-18)13-7-9-14(10-8-13)26-23(32)27-16-6-4-5-15(24)19(16)25/h4-12,20H,1-3H3,(H,28,30)(H2,26,27,32). The van der Waals surface area contributed by atoms with Gasteiger partial charge in [-0.1, -0.05) is 48.8 Å². The number of benzene rings is 2. The molecule has 3 N–H and O–H groups in total. The van der Waals surface area contributed by atoms with Gasteiger partial charge in [0, 0.05) is 17.3 Å². The Kier molecular flexibility index (Phi) is 7.85. The molecule has 11 heteroatoms. The van der Waals surface area contributed by atoms with Gasteiger partial charge in [0.2, 0.25) is 5.76 Å². The minimum Gasteiger partial charge on any atom is -0.467 e. The van der Waals surface area contributed by atoms with Crippen LogP contribution in [0.1, 0.15) is 24.4 Å². The minimum absolute atomic E-state index is 0.0538. The lowest BCUT2D eigenvalue weighted by Crippen LogP contribution is -2.44. The average molecular weight is 489 g/mol. The minimum atomic E-state index is -0.831.